The molecule has 1 atom stereocenters. The van der Waals surface area contributed by atoms with Gasteiger partial charge < -0.3 is 9.84 Å². The van der Waals surface area contributed by atoms with Crippen molar-refractivity contribution >= 4 is 21.8 Å². The zero-order valence-corrected chi connectivity index (χ0v) is 15.2. The number of rotatable bonds is 7. The smallest absolute Gasteiger partial charge is 0.404 e. The van der Waals surface area contributed by atoms with Gasteiger partial charge in [0, 0.05) is 11.4 Å². The van der Waals surface area contributed by atoms with Crippen molar-refractivity contribution in [2.45, 2.75) is 22.3 Å². The summed E-state index contributed by atoms with van der Waals surface area (Å²) in [4.78, 5) is 0.307. The van der Waals surface area contributed by atoms with Gasteiger partial charge in [-0.05, 0) is 36.1 Å². The van der Waals surface area contributed by atoms with Gasteiger partial charge in [0.25, 0.3) is 0 Å². The zero-order valence-electron chi connectivity index (χ0n) is 13.5. The lowest BCUT2D eigenvalue weighted by Gasteiger charge is -2.16. The van der Waals surface area contributed by atoms with E-state index in [1.54, 1.807) is 24.3 Å². The van der Waals surface area contributed by atoms with Crippen molar-refractivity contribution < 1.29 is 31.4 Å². The van der Waals surface area contributed by atoms with E-state index < -0.39 is 39.7 Å². The molecule has 0 fully saturated rings. The second-order valence-corrected chi connectivity index (χ2v) is 7.75. The minimum atomic E-state index is -5.02. The maximum atomic E-state index is 12.4. The van der Waals surface area contributed by atoms with Crippen LogP contribution in [0.4, 0.5) is 13.2 Å². The highest BCUT2D eigenvalue weighted by molar-refractivity contribution is 7.98. The van der Waals surface area contributed by atoms with E-state index >= 15 is 0 Å². The first kappa shape index (κ1) is 20.6. The van der Waals surface area contributed by atoms with E-state index in [4.69, 9.17) is 0 Å². The topological polar surface area (TPSA) is 75.6 Å². The Morgan fingerprint density at radius 1 is 1.15 bits per heavy atom. The predicted octanol–water partition coefficient (Wildman–Crippen LogP) is 3.32. The number of aliphatic hydroxyl groups excluding tert-OH is 1. The molecule has 0 bridgehead atoms. The number of hydrogen-bond donors (Lipinski definition) is 2. The summed E-state index contributed by atoms with van der Waals surface area (Å²) < 4.78 is 67.7. The number of hydrogen-bond acceptors (Lipinski definition) is 5. The molecule has 2 aromatic carbocycles. The number of aliphatic hydroxyl groups is 1. The first-order valence-corrected chi connectivity index (χ1v) is 9.99. The monoisotopic (exact) mass is 407 g/mol. The molecule has 0 radical (unpaired) electrons. The Balaban J connectivity index is 2.13. The van der Waals surface area contributed by atoms with E-state index in [2.05, 4.69) is 9.46 Å². The first-order valence-electron chi connectivity index (χ1n) is 7.29. The van der Waals surface area contributed by atoms with Crippen LogP contribution in [0.5, 0.6) is 5.75 Å². The van der Waals surface area contributed by atoms with Gasteiger partial charge in [-0.15, -0.1) is 24.9 Å². The van der Waals surface area contributed by atoms with E-state index in [0.717, 1.165) is 17.0 Å². The number of para-hydroxylation sites is 1. The molecule has 0 amide bonds. The minimum Gasteiger partial charge on any atom is -0.404 e. The zero-order chi connectivity index (χ0) is 19.4. The highest BCUT2D eigenvalue weighted by Crippen LogP contribution is 2.29. The molecule has 10 heteroatoms. The van der Waals surface area contributed by atoms with E-state index in [9.17, 15) is 26.7 Å². The fraction of sp³-hybridized carbons (Fsp3) is 0.250. The van der Waals surface area contributed by atoms with Crippen LogP contribution in [0.3, 0.4) is 0 Å². The summed E-state index contributed by atoms with van der Waals surface area (Å²) >= 11 is 1.51. The van der Waals surface area contributed by atoms with E-state index in [-0.39, 0.29) is 0 Å². The molecule has 0 saturated carbocycles. The van der Waals surface area contributed by atoms with E-state index in [0.29, 0.717) is 5.56 Å². The van der Waals surface area contributed by atoms with Gasteiger partial charge in [0.1, 0.15) is 10.6 Å². The maximum absolute atomic E-state index is 12.4. The van der Waals surface area contributed by atoms with Crippen molar-refractivity contribution in [3.8, 4) is 5.75 Å². The highest BCUT2D eigenvalue weighted by Gasteiger charge is 2.34. The number of halogens is 3. The molecule has 0 aliphatic rings. The van der Waals surface area contributed by atoms with Gasteiger partial charge in [0.2, 0.25) is 10.0 Å². The van der Waals surface area contributed by atoms with Crippen LogP contribution in [0, 0.1) is 0 Å². The number of thioether (sulfide) groups is 1. The summed E-state index contributed by atoms with van der Waals surface area (Å²) in [5, 5.41) is 10.1. The minimum absolute atomic E-state index is 0.401. The van der Waals surface area contributed by atoms with Crippen LogP contribution in [0.1, 0.15) is 11.7 Å². The fourth-order valence-corrected chi connectivity index (χ4v) is 3.66. The van der Waals surface area contributed by atoms with Crippen molar-refractivity contribution in [2.24, 2.45) is 0 Å². The number of nitrogens with one attached hydrogen (secondary N) is 1. The highest BCUT2D eigenvalue weighted by atomic mass is 32.2. The molecule has 26 heavy (non-hydrogen) atoms. The van der Waals surface area contributed by atoms with Crippen molar-refractivity contribution in [3.63, 3.8) is 0 Å². The SMILES string of the molecule is CSc1ccc([C@@H](O)CNS(=O)(=O)c2ccccc2OC(F)(F)F)cc1. The molecule has 2 N–H and O–H groups in total. The summed E-state index contributed by atoms with van der Waals surface area (Å²) in [6, 6.07) is 11.2. The van der Waals surface area contributed by atoms with Crippen LogP contribution in [-0.4, -0.2) is 32.7 Å². The molecule has 0 spiro atoms. The molecular weight excluding hydrogens is 391 g/mol. The average molecular weight is 407 g/mol. The number of sulfonamides is 1. The lowest BCUT2D eigenvalue weighted by Crippen LogP contribution is -2.29. The standard InChI is InChI=1S/C16H16F3NO4S2/c1-25-12-8-6-11(7-9-12)13(21)10-20-26(22,23)15-5-3-2-4-14(15)24-16(17,18)19/h2-9,13,20-21H,10H2,1H3/t13-/m0/s1. The van der Waals surface area contributed by atoms with Gasteiger partial charge in [0.05, 0.1) is 6.10 Å². The first-order chi connectivity index (χ1) is 12.1. The molecule has 142 valence electrons. The summed E-state index contributed by atoms with van der Waals surface area (Å²) in [7, 11) is -4.32. The van der Waals surface area contributed by atoms with Crippen LogP contribution in [0.25, 0.3) is 0 Å². The van der Waals surface area contributed by atoms with Gasteiger partial charge in [-0.25, -0.2) is 13.1 Å². The molecule has 2 aromatic rings. The second kappa shape index (κ2) is 8.30. The fourth-order valence-electron chi connectivity index (χ4n) is 2.09. The maximum Gasteiger partial charge on any atom is 0.573 e. The van der Waals surface area contributed by atoms with Crippen molar-refractivity contribution in [1.29, 1.82) is 0 Å². The van der Waals surface area contributed by atoms with Crippen molar-refractivity contribution in [3.05, 3.63) is 54.1 Å². The van der Waals surface area contributed by atoms with Crippen LogP contribution < -0.4 is 9.46 Å². The molecule has 2 rings (SSSR count). The normalized spacial score (nSPS) is 13.4. The summed E-state index contributed by atoms with van der Waals surface area (Å²) in [5.74, 6) is -0.841. The Labute approximate surface area is 153 Å². The summed E-state index contributed by atoms with van der Waals surface area (Å²) in [5.41, 5.74) is 0.477. The third kappa shape index (κ3) is 5.63. The molecule has 5 nitrogen and oxygen atoms in total. The van der Waals surface area contributed by atoms with Gasteiger partial charge in [-0.1, -0.05) is 24.3 Å². The third-order valence-electron chi connectivity index (χ3n) is 3.33. The number of benzene rings is 2. The molecule has 0 heterocycles. The lowest BCUT2D eigenvalue weighted by atomic mass is 10.1. The average Bonchev–Trinajstić information content (AvgIpc) is 2.59. The quantitative estimate of drug-likeness (QED) is 0.689. The second-order valence-electron chi connectivity index (χ2n) is 5.14. The molecule has 0 saturated heterocycles. The Bertz CT molecular complexity index is 839. The summed E-state index contributed by atoms with van der Waals surface area (Å²) in [6.45, 7) is -0.401. The Morgan fingerprint density at radius 2 is 1.77 bits per heavy atom. The van der Waals surface area contributed by atoms with Gasteiger partial charge in [-0.2, -0.15) is 0 Å². The van der Waals surface area contributed by atoms with E-state index in [1.165, 1.54) is 23.9 Å². The Morgan fingerprint density at radius 3 is 2.35 bits per heavy atom. The largest absolute Gasteiger partial charge is 0.573 e. The molecule has 0 unspecified atom stereocenters. The predicted molar refractivity (Wildman–Crippen MR) is 91.5 cm³/mol. The molecule has 0 aromatic heterocycles. The van der Waals surface area contributed by atoms with Crippen LogP contribution in [-0.2, 0) is 10.0 Å². The lowest BCUT2D eigenvalue weighted by molar-refractivity contribution is -0.275. The van der Waals surface area contributed by atoms with Crippen molar-refractivity contribution in [1.82, 2.24) is 4.72 Å². The van der Waals surface area contributed by atoms with Gasteiger partial charge in [-0.3, -0.25) is 0 Å². The molecule has 0 aliphatic carbocycles. The molecule has 0 aliphatic heterocycles. The van der Waals surface area contributed by atoms with E-state index in [1.807, 2.05) is 6.26 Å². The van der Waals surface area contributed by atoms with Gasteiger partial charge in [0.15, 0.2) is 0 Å². The number of alkyl halides is 3. The Hall–Kier alpha value is -1.75. The summed E-state index contributed by atoms with van der Waals surface area (Å²) in [6.07, 6.45) is -4.29. The van der Waals surface area contributed by atoms with Crippen molar-refractivity contribution in [2.75, 3.05) is 12.8 Å². The van der Waals surface area contributed by atoms with Gasteiger partial charge >= 0.3 is 6.36 Å². The van der Waals surface area contributed by atoms with Crippen LogP contribution in [0.2, 0.25) is 0 Å². The van der Waals surface area contributed by atoms with Crippen LogP contribution >= 0.6 is 11.8 Å². The van der Waals surface area contributed by atoms with Crippen LogP contribution in [0.15, 0.2) is 58.3 Å². The Kier molecular flexibility index (Phi) is 6.56. The third-order valence-corrected chi connectivity index (χ3v) is 5.54. The number of ether oxygens (including phenoxy) is 1. The molecular formula is C16H16F3NO4S2.